The molecule has 4 N–H and O–H groups in total. The number of carbonyl (C=O) groups excluding carboxylic acids is 2. The van der Waals surface area contributed by atoms with Crippen molar-refractivity contribution in [2.75, 3.05) is 12.4 Å². The third-order valence-corrected chi connectivity index (χ3v) is 3.77. The van der Waals surface area contributed by atoms with E-state index in [2.05, 4.69) is 31.4 Å². The summed E-state index contributed by atoms with van der Waals surface area (Å²) in [5.74, 6) is 0.254. The molecule has 0 bridgehead atoms. The molecule has 0 radical (unpaired) electrons. The van der Waals surface area contributed by atoms with E-state index < -0.39 is 6.04 Å². The van der Waals surface area contributed by atoms with E-state index >= 15 is 0 Å². The molecule has 26 heavy (non-hydrogen) atoms. The molecule has 0 unspecified atom stereocenters. The summed E-state index contributed by atoms with van der Waals surface area (Å²) in [4.78, 5) is 24.2. The van der Waals surface area contributed by atoms with Gasteiger partial charge in [0, 0.05) is 17.8 Å². The van der Waals surface area contributed by atoms with Gasteiger partial charge < -0.3 is 21.1 Å². The van der Waals surface area contributed by atoms with Gasteiger partial charge in [0.05, 0.1) is 13.2 Å². The smallest absolute Gasteiger partial charge is 0.248 e. The van der Waals surface area contributed by atoms with E-state index in [-0.39, 0.29) is 23.3 Å². The van der Waals surface area contributed by atoms with E-state index in [0.717, 1.165) is 5.75 Å². The van der Waals surface area contributed by atoms with Crippen LogP contribution in [0.3, 0.4) is 0 Å². The van der Waals surface area contributed by atoms with Crippen LogP contribution in [-0.4, -0.2) is 31.0 Å². The quantitative estimate of drug-likeness (QED) is 0.621. The second-order valence-corrected chi connectivity index (χ2v) is 7.47. The summed E-state index contributed by atoms with van der Waals surface area (Å²) in [5.41, 5.74) is 6.45. The number of methoxy groups -OCH3 is 1. The first kappa shape index (κ1) is 21.7. The number of amides is 2. The number of benzene rings is 1. The van der Waals surface area contributed by atoms with Gasteiger partial charge in [-0.3, -0.25) is 9.59 Å². The maximum absolute atomic E-state index is 12.1. The highest BCUT2D eigenvalue weighted by molar-refractivity contribution is 5.99. The maximum atomic E-state index is 12.1. The van der Waals surface area contributed by atoms with Crippen LogP contribution in [0.25, 0.3) is 0 Å². The molecule has 0 spiro atoms. The van der Waals surface area contributed by atoms with Gasteiger partial charge in [-0.2, -0.15) is 0 Å². The lowest BCUT2D eigenvalue weighted by Gasteiger charge is -2.25. The van der Waals surface area contributed by atoms with E-state index in [1.54, 1.807) is 37.5 Å². The van der Waals surface area contributed by atoms with E-state index in [9.17, 15) is 9.59 Å². The fourth-order valence-corrected chi connectivity index (χ4v) is 2.36. The first-order valence-electron chi connectivity index (χ1n) is 8.84. The zero-order chi connectivity index (χ0) is 19.7. The fraction of sp³-hybridized carbons (Fsp3) is 0.500. The molecule has 0 aliphatic rings. The molecule has 0 aliphatic carbocycles. The zero-order valence-corrected chi connectivity index (χ0v) is 16.3. The number of hydrogen-bond donors (Lipinski definition) is 3. The lowest BCUT2D eigenvalue weighted by molar-refractivity contribution is -0.123. The van der Waals surface area contributed by atoms with Crippen molar-refractivity contribution in [3.63, 3.8) is 0 Å². The van der Waals surface area contributed by atoms with Gasteiger partial charge in [-0.1, -0.05) is 33.8 Å². The summed E-state index contributed by atoms with van der Waals surface area (Å²) in [7, 11) is 1.59. The Labute approximate surface area is 156 Å². The van der Waals surface area contributed by atoms with Crippen LogP contribution in [0.2, 0.25) is 0 Å². The molecule has 0 aliphatic heterocycles. The average Bonchev–Trinajstić information content (AvgIpc) is 2.58. The van der Waals surface area contributed by atoms with Gasteiger partial charge in [0.1, 0.15) is 5.75 Å². The van der Waals surface area contributed by atoms with Crippen LogP contribution in [0, 0.1) is 5.41 Å². The number of hydrogen-bond acceptors (Lipinski definition) is 4. The van der Waals surface area contributed by atoms with Gasteiger partial charge in [0.25, 0.3) is 0 Å². The molecule has 6 heteroatoms. The van der Waals surface area contributed by atoms with Crippen molar-refractivity contribution in [2.45, 2.75) is 52.6 Å². The Morgan fingerprint density at radius 1 is 1.23 bits per heavy atom. The molecule has 1 rings (SSSR count). The summed E-state index contributed by atoms with van der Waals surface area (Å²) in [5, 5.41) is 5.69. The van der Waals surface area contributed by atoms with Crippen molar-refractivity contribution >= 4 is 17.5 Å². The van der Waals surface area contributed by atoms with Gasteiger partial charge >= 0.3 is 0 Å². The Bertz CT molecular complexity index is 618. The van der Waals surface area contributed by atoms with Gasteiger partial charge in [0.2, 0.25) is 11.8 Å². The average molecular weight is 361 g/mol. The van der Waals surface area contributed by atoms with Crippen molar-refractivity contribution in [2.24, 2.45) is 11.1 Å². The summed E-state index contributed by atoms with van der Waals surface area (Å²) in [6.45, 7) is 8.10. The largest absolute Gasteiger partial charge is 0.497 e. The second kappa shape index (κ2) is 9.97. The molecule has 2 amide bonds. The van der Waals surface area contributed by atoms with Crippen LogP contribution in [0.4, 0.5) is 5.69 Å². The van der Waals surface area contributed by atoms with Crippen LogP contribution in [-0.2, 0) is 9.59 Å². The molecule has 0 saturated heterocycles. The Morgan fingerprint density at radius 2 is 1.85 bits per heavy atom. The Balaban J connectivity index is 2.74. The van der Waals surface area contributed by atoms with Gasteiger partial charge in [-0.15, -0.1) is 0 Å². The summed E-state index contributed by atoms with van der Waals surface area (Å²) >= 11 is 0. The molecular weight excluding hydrogens is 330 g/mol. The van der Waals surface area contributed by atoms with E-state index in [1.807, 2.05) is 6.92 Å². The monoisotopic (exact) mass is 361 g/mol. The van der Waals surface area contributed by atoms with Gasteiger partial charge in [0.15, 0.2) is 0 Å². The van der Waals surface area contributed by atoms with Crippen LogP contribution in [0.1, 0.15) is 40.5 Å². The molecule has 0 saturated carbocycles. The molecule has 6 nitrogen and oxygen atoms in total. The highest BCUT2D eigenvalue weighted by Crippen LogP contribution is 2.21. The first-order chi connectivity index (χ1) is 12.1. The Morgan fingerprint density at radius 3 is 2.35 bits per heavy atom. The Hall–Kier alpha value is -2.34. The normalized spacial score (nSPS) is 13.9. The SMILES string of the molecule is CC[C@H](N)C(=O)N[C@H](/C=C/C(=O)Nc1ccc(OC)cc1)CC(C)(C)C. The van der Waals surface area contributed by atoms with Crippen molar-refractivity contribution in [3.05, 3.63) is 36.4 Å². The van der Waals surface area contributed by atoms with Gasteiger partial charge in [-0.25, -0.2) is 0 Å². The molecule has 2 atom stereocenters. The third-order valence-electron chi connectivity index (χ3n) is 3.77. The van der Waals surface area contributed by atoms with E-state index in [1.165, 1.54) is 6.08 Å². The minimum absolute atomic E-state index is 0.00887. The minimum Gasteiger partial charge on any atom is -0.497 e. The highest BCUT2D eigenvalue weighted by Gasteiger charge is 2.20. The molecule has 1 aromatic rings. The predicted molar refractivity (Wildman–Crippen MR) is 105 cm³/mol. The molecule has 0 heterocycles. The van der Waals surface area contributed by atoms with Crippen molar-refractivity contribution in [3.8, 4) is 5.75 Å². The molecular formula is C20H31N3O3. The fourth-order valence-electron chi connectivity index (χ4n) is 2.36. The van der Waals surface area contributed by atoms with Gasteiger partial charge in [-0.05, 0) is 42.5 Å². The van der Waals surface area contributed by atoms with Crippen molar-refractivity contribution in [1.82, 2.24) is 5.32 Å². The molecule has 144 valence electrons. The highest BCUT2D eigenvalue weighted by atomic mass is 16.5. The van der Waals surface area contributed by atoms with Crippen LogP contribution >= 0.6 is 0 Å². The standard InChI is InChI=1S/C20H31N3O3/c1-6-17(21)19(25)23-15(13-20(2,3)4)9-12-18(24)22-14-7-10-16(26-5)11-8-14/h7-12,15,17H,6,13,21H2,1-5H3,(H,22,24)(H,23,25)/b12-9+/t15-,17+/m1/s1. The minimum atomic E-state index is -0.543. The first-order valence-corrected chi connectivity index (χ1v) is 8.84. The molecule has 0 aromatic heterocycles. The van der Waals surface area contributed by atoms with Crippen LogP contribution in [0.15, 0.2) is 36.4 Å². The van der Waals surface area contributed by atoms with E-state index in [0.29, 0.717) is 18.5 Å². The summed E-state index contributed by atoms with van der Waals surface area (Å²) < 4.78 is 5.09. The number of nitrogens with two attached hydrogens (primary N) is 1. The Kier molecular flexibility index (Phi) is 8.32. The second-order valence-electron chi connectivity index (χ2n) is 7.47. The van der Waals surface area contributed by atoms with E-state index in [4.69, 9.17) is 10.5 Å². The lowest BCUT2D eigenvalue weighted by Crippen LogP contribution is -2.45. The predicted octanol–water partition coefficient (Wildman–Crippen LogP) is 2.85. The van der Waals surface area contributed by atoms with Crippen molar-refractivity contribution < 1.29 is 14.3 Å². The number of anilines is 1. The lowest BCUT2D eigenvalue weighted by atomic mass is 9.87. The van der Waals surface area contributed by atoms with Crippen molar-refractivity contribution in [1.29, 1.82) is 0 Å². The number of rotatable bonds is 8. The van der Waals surface area contributed by atoms with Crippen LogP contribution < -0.4 is 21.1 Å². The summed E-state index contributed by atoms with van der Waals surface area (Å²) in [6.07, 6.45) is 4.42. The third kappa shape index (κ3) is 8.16. The maximum Gasteiger partial charge on any atom is 0.248 e. The number of ether oxygens (including phenoxy) is 1. The number of nitrogens with one attached hydrogen (secondary N) is 2. The summed E-state index contributed by atoms with van der Waals surface area (Å²) in [6, 6.07) is 6.27. The molecule has 1 aromatic carbocycles. The zero-order valence-electron chi connectivity index (χ0n) is 16.3. The number of carbonyl (C=O) groups is 2. The molecule has 0 fully saturated rings. The van der Waals surface area contributed by atoms with Crippen LogP contribution in [0.5, 0.6) is 5.75 Å². The topological polar surface area (TPSA) is 93.5 Å².